The molecule has 0 bridgehead atoms. The zero-order chi connectivity index (χ0) is 13.9. The lowest BCUT2D eigenvalue weighted by molar-refractivity contribution is -0.146. The third kappa shape index (κ3) is 2.72. The predicted octanol–water partition coefficient (Wildman–Crippen LogP) is 0.991. The van der Waals surface area contributed by atoms with E-state index in [1.807, 2.05) is 11.9 Å². The van der Waals surface area contributed by atoms with Crippen molar-refractivity contribution in [3.05, 3.63) is 35.4 Å². The molecule has 3 rings (SSSR count). The van der Waals surface area contributed by atoms with Crippen LogP contribution in [-0.4, -0.2) is 49.7 Å². The summed E-state index contributed by atoms with van der Waals surface area (Å²) in [6, 6.07) is 8.84. The van der Waals surface area contributed by atoms with Crippen molar-refractivity contribution in [2.24, 2.45) is 0 Å². The SMILES string of the molecule is CN(C(=O)C1CNCCO1)C1CCc2ccccc2C1. The summed E-state index contributed by atoms with van der Waals surface area (Å²) in [7, 11) is 1.92. The Morgan fingerprint density at radius 2 is 2.15 bits per heavy atom. The molecule has 0 aromatic heterocycles. The van der Waals surface area contributed by atoms with Crippen molar-refractivity contribution in [1.82, 2.24) is 10.2 Å². The number of rotatable bonds is 2. The van der Waals surface area contributed by atoms with Gasteiger partial charge in [-0.2, -0.15) is 0 Å². The van der Waals surface area contributed by atoms with Gasteiger partial charge < -0.3 is 15.0 Å². The number of nitrogens with one attached hydrogen (secondary N) is 1. The van der Waals surface area contributed by atoms with Crippen LogP contribution < -0.4 is 5.32 Å². The lowest BCUT2D eigenvalue weighted by Crippen LogP contribution is -2.51. The van der Waals surface area contributed by atoms with Crippen molar-refractivity contribution in [3.8, 4) is 0 Å². The number of morpholine rings is 1. The molecule has 1 fully saturated rings. The van der Waals surface area contributed by atoms with Crippen molar-refractivity contribution in [1.29, 1.82) is 0 Å². The highest BCUT2D eigenvalue weighted by molar-refractivity contribution is 5.81. The summed E-state index contributed by atoms with van der Waals surface area (Å²) in [5, 5.41) is 3.22. The topological polar surface area (TPSA) is 41.6 Å². The average Bonchev–Trinajstić information content (AvgIpc) is 2.54. The molecule has 20 heavy (non-hydrogen) atoms. The first kappa shape index (κ1) is 13.6. The Balaban J connectivity index is 1.66. The maximum atomic E-state index is 12.5. The average molecular weight is 274 g/mol. The third-order valence-electron chi connectivity index (χ3n) is 4.42. The fourth-order valence-corrected chi connectivity index (χ4v) is 3.14. The normalized spacial score (nSPS) is 25.9. The Kier molecular flexibility index (Phi) is 4.03. The van der Waals surface area contributed by atoms with Crippen LogP contribution in [0.1, 0.15) is 17.5 Å². The molecule has 4 nitrogen and oxygen atoms in total. The minimum absolute atomic E-state index is 0.113. The van der Waals surface area contributed by atoms with Gasteiger partial charge in [0, 0.05) is 26.2 Å². The number of fused-ring (bicyclic) bond motifs is 1. The number of likely N-dealkylation sites (N-methyl/N-ethyl adjacent to an activating group) is 1. The van der Waals surface area contributed by atoms with E-state index in [0.717, 1.165) is 25.8 Å². The second-order valence-corrected chi connectivity index (χ2v) is 5.68. The summed E-state index contributed by atoms with van der Waals surface area (Å²) in [5.41, 5.74) is 2.81. The molecule has 1 aromatic carbocycles. The fraction of sp³-hybridized carbons (Fsp3) is 0.562. The fourth-order valence-electron chi connectivity index (χ4n) is 3.14. The number of carbonyl (C=O) groups is 1. The Labute approximate surface area is 120 Å². The molecule has 1 aliphatic heterocycles. The van der Waals surface area contributed by atoms with E-state index in [1.54, 1.807) is 0 Å². The number of amides is 1. The van der Waals surface area contributed by atoms with Gasteiger partial charge in [-0.05, 0) is 30.4 Å². The van der Waals surface area contributed by atoms with Crippen LogP contribution in [0.25, 0.3) is 0 Å². The van der Waals surface area contributed by atoms with Crippen molar-refractivity contribution in [2.75, 3.05) is 26.7 Å². The number of hydrogen-bond donors (Lipinski definition) is 1. The van der Waals surface area contributed by atoms with Gasteiger partial charge in [0.05, 0.1) is 6.61 Å². The summed E-state index contributed by atoms with van der Waals surface area (Å²) >= 11 is 0. The van der Waals surface area contributed by atoms with E-state index < -0.39 is 0 Å². The van der Waals surface area contributed by atoms with E-state index in [1.165, 1.54) is 11.1 Å². The summed E-state index contributed by atoms with van der Waals surface area (Å²) in [5.74, 6) is 0.113. The van der Waals surface area contributed by atoms with Gasteiger partial charge in [-0.3, -0.25) is 4.79 Å². The van der Waals surface area contributed by atoms with Gasteiger partial charge in [-0.25, -0.2) is 0 Å². The zero-order valence-corrected chi connectivity index (χ0v) is 12.0. The van der Waals surface area contributed by atoms with Gasteiger partial charge >= 0.3 is 0 Å². The molecule has 1 saturated heterocycles. The first-order valence-electron chi connectivity index (χ1n) is 7.41. The van der Waals surface area contributed by atoms with Crippen molar-refractivity contribution >= 4 is 5.91 Å². The van der Waals surface area contributed by atoms with E-state index in [9.17, 15) is 4.79 Å². The summed E-state index contributed by atoms with van der Waals surface area (Å²) in [6.45, 7) is 2.09. The Bertz CT molecular complexity index is 483. The van der Waals surface area contributed by atoms with Crippen LogP contribution >= 0.6 is 0 Å². The molecule has 1 aromatic rings. The monoisotopic (exact) mass is 274 g/mol. The van der Waals surface area contributed by atoms with Crippen LogP contribution in [-0.2, 0) is 22.4 Å². The van der Waals surface area contributed by atoms with Crippen LogP contribution in [0, 0.1) is 0 Å². The van der Waals surface area contributed by atoms with E-state index in [4.69, 9.17) is 4.74 Å². The number of carbonyl (C=O) groups excluding carboxylic acids is 1. The van der Waals surface area contributed by atoms with Gasteiger partial charge in [0.1, 0.15) is 6.10 Å². The molecule has 4 heteroatoms. The molecule has 0 radical (unpaired) electrons. The van der Waals surface area contributed by atoms with E-state index >= 15 is 0 Å². The number of nitrogens with zero attached hydrogens (tertiary/aromatic N) is 1. The van der Waals surface area contributed by atoms with Gasteiger partial charge in [0.2, 0.25) is 0 Å². The maximum absolute atomic E-state index is 12.5. The van der Waals surface area contributed by atoms with Crippen molar-refractivity contribution in [2.45, 2.75) is 31.4 Å². The molecule has 0 saturated carbocycles. The highest BCUT2D eigenvalue weighted by Crippen LogP contribution is 2.24. The van der Waals surface area contributed by atoms with E-state index in [2.05, 4.69) is 29.6 Å². The minimum Gasteiger partial charge on any atom is -0.366 e. The summed E-state index contributed by atoms with van der Waals surface area (Å²) < 4.78 is 5.57. The van der Waals surface area contributed by atoms with Crippen molar-refractivity contribution in [3.63, 3.8) is 0 Å². The van der Waals surface area contributed by atoms with Crippen LogP contribution in [0.3, 0.4) is 0 Å². The Morgan fingerprint density at radius 3 is 2.90 bits per heavy atom. The number of benzene rings is 1. The molecule has 108 valence electrons. The zero-order valence-electron chi connectivity index (χ0n) is 12.0. The quantitative estimate of drug-likeness (QED) is 0.874. The van der Waals surface area contributed by atoms with Crippen LogP contribution in [0.15, 0.2) is 24.3 Å². The first-order chi connectivity index (χ1) is 9.75. The maximum Gasteiger partial charge on any atom is 0.253 e. The number of ether oxygens (including phenoxy) is 1. The lowest BCUT2D eigenvalue weighted by Gasteiger charge is -2.35. The predicted molar refractivity (Wildman–Crippen MR) is 77.6 cm³/mol. The van der Waals surface area contributed by atoms with Crippen molar-refractivity contribution < 1.29 is 9.53 Å². The van der Waals surface area contributed by atoms with Gasteiger partial charge in [-0.1, -0.05) is 24.3 Å². The molecule has 1 aliphatic carbocycles. The van der Waals surface area contributed by atoms with Crippen LogP contribution in [0.4, 0.5) is 0 Å². The third-order valence-corrected chi connectivity index (χ3v) is 4.42. The second kappa shape index (κ2) is 5.94. The van der Waals surface area contributed by atoms with Gasteiger partial charge in [0.25, 0.3) is 5.91 Å². The lowest BCUT2D eigenvalue weighted by atomic mass is 9.87. The van der Waals surface area contributed by atoms with Crippen LogP contribution in [0.5, 0.6) is 0 Å². The summed E-state index contributed by atoms with van der Waals surface area (Å²) in [4.78, 5) is 14.4. The van der Waals surface area contributed by atoms with Crippen LogP contribution in [0.2, 0.25) is 0 Å². The second-order valence-electron chi connectivity index (χ2n) is 5.68. The molecule has 1 amide bonds. The smallest absolute Gasteiger partial charge is 0.253 e. The molecule has 1 N–H and O–H groups in total. The van der Waals surface area contributed by atoms with Gasteiger partial charge in [-0.15, -0.1) is 0 Å². The number of hydrogen-bond acceptors (Lipinski definition) is 3. The first-order valence-corrected chi connectivity index (χ1v) is 7.41. The molecule has 0 spiro atoms. The Hall–Kier alpha value is -1.39. The molecular formula is C16H22N2O2. The van der Waals surface area contributed by atoms with E-state index in [0.29, 0.717) is 19.2 Å². The highest BCUT2D eigenvalue weighted by Gasteiger charge is 2.30. The largest absolute Gasteiger partial charge is 0.366 e. The Morgan fingerprint density at radius 1 is 1.35 bits per heavy atom. The highest BCUT2D eigenvalue weighted by atomic mass is 16.5. The molecule has 1 heterocycles. The number of aryl methyl sites for hydroxylation is 1. The summed E-state index contributed by atoms with van der Waals surface area (Å²) in [6.07, 6.45) is 2.74. The molecular weight excluding hydrogens is 252 g/mol. The van der Waals surface area contributed by atoms with Gasteiger partial charge in [0.15, 0.2) is 0 Å². The molecule has 2 atom stereocenters. The van der Waals surface area contributed by atoms with E-state index in [-0.39, 0.29) is 12.0 Å². The molecule has 2 aliphatic rings. The standard InChI is InChI=1S/C16H22N2O2/c1-18(16(19)15-11-17-8-9-20-15)14-7-6-12-4-2-3-5-13(12)10-14/h2-5,14-15,17H,6-11H2,1H3. The minimum atomic E-state index is -0.314. The molecule has 2 unspecified atom stereocenters.